The third-order valence-corrected chi connectivity index (χ3v) is 4.18. The van der Waals surface area contributed by atoms with Crippen molar-refractivity contribution >= 4 is 0 Å². The van der Waals surface area contributed by atoms with E-state index in [1.54, 1.807) is 11.1 Å². The highest BCUT2D eigenvalue weighted by molar-refractivity contribution is 5.56. The van der Waals surface area contributed by atoms with E-state index in [1.807, 2.05) is 0 Å². The quantitative estimate of drug-likeness (QED) is 0.597. The van der Waals surface area contributed by atoms with Crippen LogP contribution in [0, 0.1) is 0 Å². The molecule has 0 amide bonds. The van der Waals surface area contributed by atoms with Crippen LogP contribution in [0.15, 0.2) is 47.6 Å². The van der Waals surface area contributed by atoms with Crippen LogP contribution >= 0.6 is 0 Å². The standard InChI is InChI=1S/C16H18/c1-11-8-9-15-13(10-11)12-6-4-5-7-14(12)16(15,2)3/h4-9,13H,10H2,1-3H3. The average Bonchev–Trinajstić information content (AvgIpc) is 2.49. The van der Waals surface area contributed by atoms with Gasteiger partial charge in [0.2, 0.25) is 0 Å². The van der Waals surface area contributed by atoms with Crippen molar-refractivity contribution in [3.63, 3.8) is 0 Å². The molecule has 0 heteroatoms. The van der Waals surface area contributed by atoms with E-state index in [0.29, 0.717) is 5.92 Å². The van der Waals surface area contributed by atoms with Gasteiger partial charge < -0.3 is 0 Å². The minimum absolute atomic E-state index is 0.221. The number of hydrogen-bond donors (Lipinski definition) is 0. The predicted molar refractivity (Wildman–Crippen MR) is 68.7 cm³/mol. The molecule has 0 N–H and O–H groups in total. The fourth-order valence-corrected chi connectivity index (χ4v) is 3.30. The van der Waals surface area contributed by atoms with Gasteiger partial charge in [0.25, 0.3) is 0 Å². The van der Waals surface area contributed by atoms with Gasteiger partial charge in [-0.2, -0.15) is 0 Å². The Morgan fingerprint density at radius 3 is 2.69 bits per heavy atom. The molecule has 1 aromatic carbocycles. The van der Waals surface area contributed by atoms with Crippen LogP contribution in [-0.4, -0.2) is 0 Å². The first-order chi connectivity index (χ1) is 7.60. The number of benzene rings is 1. The summed E-state index contributed by atoms with van der Waals surface area (Å²) in [6.07, 6.45) is 5.84. The summed E-state index contributed by atoms with van der Waals surface area (Å²) in [5, 5.41) is 0. The van der Waals surface area contributed by atoms with Gasteiger partial charge in [0.1, 0.15) is 0 Å². The van der Waals surface area contributed by atoms with Crippen molar-refractivity contribution in [2.75, 3.05) is 0 Å². The Labute approximate surface area is 97.7 Å². The van der Waals surface area contributed by atoms with E-state index in [1.165, 1.54) is 17.6 Å². The molecule has 0 aromatic heterocycles. The average molecular weight is 210 g/mol. The Bertz CT molecular complexity index is 501. The van der Waals surface area contributed by atoms with E-state index in [2.05, 4.69) is 57.2 Å². The molecule has 0 radical (unpaired) electrons. The molecule has 1 unspecified atom stereocenters. The van der Waals surface area contributed by atoms with E-state index in [9.17, 15) is 0 Å². The Balaban J connectivity index is 2.23. The Morgan fingerprint density at radius 1 is 1.12 bits per heavy atom. The second kappa shape index (κ2) is 3.10. The van der Waals surface area contributed by atoms with Gasteiger partial charge in [0.15, 0.2) is 0 Å². The van der Waals surface area contributed by atoms with Crippen molar-refractivity contribution in [3.05, 3.63) is 58.7 Å². The van der Waals surface area contributed by atoms with Crippen molar-refractivity contribution in [1.29, 1.82) is 0 Å². The predicted octanol–water partition coefficient (Wildman–Crippen LogP) is 4.34. The van der Waals surface area contributed by atoms with Gasteiger partial charge >= 0.3 is 0 Å². The molecule has 2 aliphatic rings. The third kappa shape index (κ3) is 1.16. The van der Waals surface area contributed by atoms with Crippen LogP contribution in [0.1, 0.15) is 44.2 Å². The Morgan fingerprint density at radius 2 is 1.88 bits per heavy atom. The van der Waals surface area contributed by atoms with E-state index >= 15 is 0 Å². The van der Waals surface area contributed by atoms with Gasteiger partial charge in [-0.15, -0.1) is 0 Å². The molecule has 0 spiro atoms. The lowest BCUT2D eigenvalue weighted by molar-refractivity contribution is 0.607. The van der Waals surface area contributed by atoms with Crippen LogP contribution in [-0.2, 0) is 5.41 Å². The van der Waals surface area contributed by atoms with Crippen LogP contribution < -0.4 is 0 Å². The Kier molecular flexibility index (Phi) is 1.92. The molecule has 0 heterocycles. The van der Waals surface area contributed by atoms with Gasteiger partial charge in [-0.05, 0) is 24.5 Å². The first-order valence-corrected chi connectivity index (χ1v) is 6.08. The zero-order valence-electron chi connectivity index (χ0n) is 10.2. The molecule has 0 bridgehead atoms. The highest BCUT2D eigenvalue weighted by atomic mass is 14.4. The molecule has 0 aliphatic heterocycles. The van der Waals surface area contributed by atoms with E-state index in [0.717, 1.165) is 0 Å². The van der Waals surface area contributed by atoms with Crippen molar-refractivity contribution < 1.29 is 0 Å². The summed E-state index contributed by atoms with van der Waals surface area (Å²) in [6, 6.07) is 8.94. The van der Waals surface area contributed by atoms with Crippen molar-refractivity contribution in [3.8, 4) is 0 Å². The zero-order valence-corrected chi connectivity index (χ0v) is 10.2. The largest absolute Gasteiger partial charge is 0.0724 e. The normalized spacial score (nSPS) is 25.6. The first-order valence-electron chi connectivity index (χ1n) is 6.08. The molecule has 0 fully saturated rings. The van der Waals surface area contributed by atoms with Gasteiger partial charge in [-0.1, -0.05) is 61.4 Å². The Hall–Kier alpha value is -1.30. The summed E-state index contributed by atoms with van der Waals surface area (Å²) in [7, 11) is 0. The second-order valence-electron chi connectivity index (χ2n) is 5.60. The molecule has 1 aromatic rings. The second-order valence-corrected chi connectivity index (χ2v) is 5.60. The number of fused-ring (bicyclic) bond motifs is 3. The summed E-state index contributed by atoms with van der Waals surface area (Å²) in [5.74, 6) is 0.635. The molecule has 0 saturated heterocycles. The van der Waals surface area contributed by atoms with Crippen LogP contribution in [0.3, 0.4) is 0 Å². The molecule has 16 heavy (non-hydrogen) atoms. The fourth-order valence-electron chi connectivity index (χ4n) is 3.30. The van der Waals surface area contributed by atoms with E-state index in [-0.39, 0.29) is 5.41 Å². The van der Waals surface area contributed by atoms with Crippen molar-refractivity contribution in [2.24, 2.45) is 0 Å². The maximum Gasteiger partial charge on any atom is 0.0117 e. The van der Waals surface area contributed by atoms with Gasteiger partial charge in [-0.3, -0.25) is 0 Å². The maximum absolute atomic E-state index is 2.35. The third-order valence-electron chi connectivity index (χ3n) is 4.18. The van der Waals surface area contributed by atoms with Gasteiger partial charge in [-0.25, -0.2) is 0 Å². The number of hydrogen-bond acceptors (Lipinski definition) is 0. The molecule has 0 saturated carbocycles. The minimum atomic E-state index is 0.221. The zero-order chi connectivity index (χ0) is 11.3. The topological polar surface area (TPSA) is 0 Å². The summed E-state index contributed by atoms with van der Waals surface area (Å²) in [5.41, 5.74) is 6.39. The maximum atomic E-state index is 2.35. The smallest absolute Gasteiger partial charge is 0.0117 e. The molecular weight excluding hydrogens is 192 g/mol. The molecule has 1 atom stereocenters. The van der Waals surface area contributed by atoms with Crippen LogP contribution in [0.4, 0.5) is 0 Å². The van der Waals surface area contributed by atoms with E-state index in [4.69, 9.17) is 0 Å². The minimum Gasteiger partial charge on any atom is -0.0724 e. The van der Waals surface area contributed by atoms with Gasteiger partial charge in [0.05, 0.1) is 0 Å². The van der Waals surface area contributed by atoms with Gasteiger partial charge in [0, 0.05) is 11.3 Å². The lowest BCUT2D eigenvalue weighted by Crippen LogP contribution is -2.17. The summed E-state index contributed by atoms with van der Waals surface area (Å²) in [6.45, 7) is 6.94. The van der Waals surface area contributed by atoms with Crippen LogP contribution in [0.25, 0.3) is 0 Å². The molecule has 3 rings (SSSR count). The highest BCUT2D eigenvalue weighted by Crippen LogP contribution is 2.53. The SMILES string of the molecule is CC1=CC=C2C(C1)c1ccccc1C2(C)C. The monoisotopic (exact) mass is 210 g/mol. The molecule has 0 nitrogen and oxygen atoms in total. The van der Waals surface area contributed by atoms with Crippen molar-refractivity contribution in [1.82, 2.24) is 0 Å². The molecular formula is C16H18. The summed E-state index contributed by atoms with van der Waals surface area (Å²) in [4.78, 5) is 0. The number of rotatable bonds is 0. The molecule has 82 valence electrons. The lowest BCUT2D eigenvalue weighted by atomic mass is 9.78. The molecule has 2 aliphatic carbocycles. The van der Waals surface area contributed by atoms with Crippen LogP contribution in [0.5, 0.6) is 0 Å². The highest BCUT2D eigenvalue weighted by Gasteiger charge is 2.41. The summed E-state index contributed by atoms with van der Waals surface area (Å²) >= 11 is 0. The van der Waals surface area contributed by atoms with E-state index < -0.39 is 0 Å². The summed E-state index contributed by atoms with van der Waals surface area (Å²) < 4.78 is 0. The lowest BCUT2D eigenvalue weighted by Gasteiger charge is -2.26. The number of allylic oxidation sites excluding steroid dienone is 4. The van der Waals surface area contributed by atoms with Crippen LogP contribution in [0.2, 0.25) is 0 Å². The first kappa shape index (κ1) is 9.89. The fraction of sp³-hybridized carbons (Fsp3) is 0.375. The van der Waals surface area contributed by atoms with Crippen molar-refractivity contribution in [2.45, 2.75) is 38.5 Å².